The molecule has 3 heterocycles. The van der Waals surface area contributed by atoms with Gasteiger partial charge in [0.05, 0.1) is 11.6 Å². The second-order valence-corrected chi connectivity index (χ2v) is 14.3. The van der Waals surface area contributed by atoms with Crippen molar-refractivity contribution in [3.63, 3.8) is 0 Å². The number of para-hydroxylation sites is 1. The van der Waals surface area contributed by atoms with Gasteiger partial charge in [-0.05, 0) is 81.9 Å². The Kier molecular flexibility index (Phi) is 7.76. The predicted molar refractivity (Wildman–Crippen MR) is 232 cm³/mol. The van der Waals surface area contributed by atoms with Crippen molar-refractivity contribution in [3.8, 4) is 73.6 Å². The van der Waals surface area contributed by atoms with Crippen molar-refractivity contribution >= 4 is 43.9 Å². The predicted octanol–water partition coefficient (Wildman–Crippen LogP) is 13.5. The summed E-state index contributed by atoms with van der Waals surface area (Å²) in [6, 6.07) is 63.6. The third kappa shape index (κ3) is 5.78. The highest BCUT2D eigenvalue weighted by molar-refractivity contribution is 6.13. The van der Waals surface area contributed by atoms with Crippen molar-refractivity contribution in [2.24, 2.45) is 0 Å². The van der Waals surface area contributed by atoms with Crippen LogP contribution in [0, 0.1) is 11.3 Å². The number of furan rings is 2. The van der Waals surface area contributed by atoms with Gasteiger partial charge in [-0.25, -0.2) is 15.0 Å². The van der Waals surface area contributed by atoms with Crippen LogP contribution in [-0.2, 0) is 0 Å². The Morgan fingerprint density at radius 2 is 0.845 bits per heavy atom. The molecule has 0 atom stereocenters. The molecule has 0 unspecified atom stereocenters. The minimum atomic E-state index is 0.523. The van der Waals surface area contributed by atoms with Gasteiger partial charge in [0.2, 0.25) is 0 Å². The molecular formula is C52H30N4O2. The molecule has 58 heavy (non-hydrogen) atoms. The summed E-state index contributed by atoms with van der Waals surface area (Å²) < 4.78 is 12.8. The molecule has 0 saturated carbocycles. The highest BCUT2D eigenvalue weighted by Crippen LogP contribution is 2.39. The molecule has 6 heteroatoms. The van der Waals surface area contributed by atoms with E-state index in [4.69, 9.17) is 23.8 Å². The monoisotopic (exact) mass is 742 g/mol. The fraction of sp³-hybridized carbons (Fsp3) is 0. The lowest BCUT2D eigenvalue weighted by molar-refractivity contribution is 0.668. The highest BCUT2D eigenvalue weighted by atomic mass is 16.3. The number of hydrogen-bond acceptors (Lipinski definition) is 6. The lowest BCUT2D eigenvalue weighted by Gasteiger charge is -2.09. The van der Waals surface area contributed by atoms with E-state index in [1.807, 2.05) is 97.1 Å². The summed E-state index contributed by atoms with van der Waals surface area (Å²) in [5.41, 5.74) is 12.8. The Balaban J connectivity index is 1.02. The van der Waals surface area contributed by atoms with Crippen molar-refractivity contribution < 1.29 is 8.83 Å². The molecule has 6 nitrogen and oxygen atoms in total. The summed E-state index contributed by atoms with van der Waals surface area (Å²) in [6.07, 6.45) is 0. The first-order valence-electron chi connectivity index (χ1n) is 19.1. The van der Waals surface area contributed by atoms with Gasteiger partial charge in [0.25, 0.3) is 0 Å². The average Bonchev–Trinajstić information content (AvgIpc) is 3.87. The van der Waals surface area contributed by atoms with Crippen LogP contribution in [0.1, 0.15) is 5.56 Å². The molecule has 8 aromatic carbocycles. The van der Waals surface area contributed by atoms with E-state index in [1.165, 1.54) is 11.1 Å². The molecule has 0 radical (unpaired) electrons. The fourth-order valence-corrected chi connectivity index (χ4v) is 7.89. The molecule has 270 valence electrons. The van der Waals surface area contributed by atoms with E-state index in [2.05, 4.69) is 84.9 Å². The first-order valence-corrected chi connectivity index (χ1v) is 19.1. The van der Waals surface area contributed by atoms with Gasteiger partial charge < -0.3 is 8.83 Å². The van der Waals surface area contributed by atoms with Crippen LogP contribution >= 0.6 is 0 Å². The quantitative estimate of drug-likeness (QED) is 0.168. The van der Waals surface area contributed by atoms with Gasteiger partial charge in [0.1, 0.15) is 22.3 Å². The molecule has 0 spiro atoms. The summed E-state index contributed by atoms with van der Waals surface area (Å²) >= 11 is 0. The summed E-state index contributed by atoms with van der Waals surface area (Å²) in [7, 11) is 0. The van der Waals surface area contributed by atoms with Gasteiger partial charge in [-0.2, -0.15) is 5.26 Å². The van der Waals surface area contributed by atoms with Crippen LogP contribution in [0.15, 0.2) is 191 Å². The first kappa shape index (κ1) is 33.2. The number of fused-ring (bicyclic) bond motifs is 6. The van der Waals surface area contributed by atoms with Gasteiger partial charge in [-0.1, -0.05) is 133 Å². The SMILES string of the molecule is N#Cc1cccc(-c2ccc(-c3nc(-c4ccc5c(c4)oc4ccccc45)nc(-c4ccc5c(c4)oc4cccc(-c6ccc(-c7ccccc7)cc6)c45)n3)cc2)c1. The lowest BCUT2D eigenvalue weighted by atomic mass is 9.96. The number of aromatic nitrogens is 3. The number of nitriles is 1. The Labute approximate surface area is 333 Å². The highest BCUT2D eigenvalue weighted by Gasteiger charge is 2.18. The van der Waals surface area contributed by atoms with Crippen molar-refractivity contribution in [1.29, 1.82) is 5.26 Å². The molecule has 0 aliphatic rings. The lowest BCUT2D eigenvalue weighted by Crippen LogP contribution is -2.00. The standard InChI is InChI=1S/C52H30N4O2/c53-31-32-8-6-11-38(28-32)35-18-22-37(23-19-35)50-54-51(39-24-26-43-42-12-4-5-14-45(42)57-47(43)29-39)56-52(55-50)40-25-27-44-48(30-40)58-46-15-7-13-41(49(44)46)36-20-16-34(17-21-36)33-9-2-1-3-10-33/h1-30H. The number of nitrogens with zero attached hydrogens (tertiary/aromatic N) is 4. The molecule has 0 saturated heterocycles. The fourth-order valence-electron chi connectivity index (χ4n) is 7.89. The second-order valence-electron chi connectivity index (χ2n) is 14.3. The number of rotatable bonds is 6. The molecule has 11 aromatic rings. The molecule has 0 amide bonds. The van der Waals surface area contributed by atoms with E-state index in [-0.39, 0.29) is 0 Å². The van der Waals surface area contributed by atoms with Gasteiger partial charge in [-0.3, -0.25) is 0 Å². The molecule has 3 aromatic heterocycles. The second kappa shape index (κ2) is 13.6. The molecular weight excluding hydrogens is 713 g/mol. The molecule has 0 N–H and O–H groups in total. The maximum absolute atomic E-state index is 9.45. The molecule has 0 aliphatic carbocycles. The maximum atomic E-state index is 9.45. The summed E-state index contributed by atoms with van der Waals surface area (Å²) in [5.74, 6) is 1.58. The molecule has 0 bridgehead atoms. The summed E-state index contributed by atoms with van der Waals surface area (Å²) in [4.78, 5) is 15.1. The zero-order valence-corrected chi connectivity index (χ0v) is 30.9. The van der Waals surface area contributed by atoms with Crippen LogP contribution in [0.5, 0.6) is 0 Å². The molecule has 0 fully saturated rings. The Morgan fingerprint density at radius 1 is 0.345 bits per heavy atom. The van der Waals surface area contributed by atoms with Crippen LogP contribution in [0.3, 0.4) is 0 Å². The van der Waals surface area contributed by atoms with Crippen LogP contribution < -0.4 is 0 Å². The largest absolute Gasteiger partial charge is 0.456 e. The Bertz CT molecular complexity index is 3390. The summed E-state index contributed by atoms with van der Waals surface area (Å²) in [6.45, 7) is 0. The van der Waals surface area contributed by atoms with Crippen molar-refractivity contribution in [3.05, 3.63) is 188 Å². The zero-order valence-electron chi connectivity index (χ0n) is 30.9. The van der Waals surface area contributed by atoms with Gasteiger partial charge in [-0.15, -0.1) is 0 Å². The van der Waals surface area contributed by atoms with Crippen molar-refractivity contribution in [2.75, 3.05) is 0 Å². The Morgan fingerprint density at radius 3 is 1.59 bits per heavy atom. The van der Waals surface area contributed by atoms with Crippen LogP contribution in [0.4, 0.5) is 0 Å². The molecule has 11 rings (SSSR count). The van der Waals surface area contributed by atoms with Crippen LogP contribution in [-0.4, -0.2) is 15.0 Å². The maximum Gasteiger partial charge on any atom is 0.164 e. The minimum Gasteiger partial charge on any atom is -0.456 e. The smallest absolute Gasteiger partial charge is 0.164 e. The number of hydrogen-bond donors (Lipinski definition) is 0. The van der Waals surface area contributed by atoms with E-state index in [1.54, 1.807) is 6.07 Å². The summed E-state index contributed by atoms with van der Waals surface area (Å²) in [5, 5.41) is 13.6. The normalized spacial score (nSPS) is 11.4. The minimum absolute atomic E-state index is 0.523. The molecule has 0 aliphatic heterocycles. The average molecular weight is 743 g/mol. The van der Waals surface area contributed by atoms with Crippen LogP contribution in [0.25, 0.3) is 111 Å². The van der Waals surface area contributed by atoms with Gasteiger partial charge >= 0.3 is 0 Å². The van der Waals surface area contributed by atoms with Crippen molar-refractivity contribution in [1.82, 2.24) is 15.0 Å². The van der Waals surface area contributed by atoms with Gasteiger partial charge in [0.15, 0.2) is 17.5 Å². The zero-order chi connectivity index (χ0) is 38.6. The van der Waals surface area contributed by atoms with Crippen LogP contribution in [0.2, 0.25) is 0 Å². The topological polar surface area (TPSA) is 88.7 Å². The van der Waals surface area contributed by atoms with E-state index in [9.17, 15) is 5.26 Å². The first-order chi connectivity index (χ1) is 28.6. The van der Waals surface area contributed by atoms with E-state index < -0.39 is 0 Å². The van der Waals surface area contributed by atoms with Crippen molar-refractivity contribution in [2.45, 2.75) is 0 Å². The van der Waals surface area contributed by atoms with E-state index in [0.717, 1.165) is 82.8 Å². The number of benzene rings is 8. The Hall–Kier alpha value is -8.14. The third-order valence-corrected chi connectivity index (χ3v) is 10.8. The third-order valence-electron chi connectivity index (χ3n) is 10.8. The van der Waals surface area contributed by atoms with E-state index in [0.29, 0.717) is 23.0 Å². The van der Waals surface area contributed by atoms with E-state index >= 15 is 0 Å². The van der Waals surface area contributed by atoms with Gasteiger partial charge in [0, 0.05) is 38.2 Å².